The molecule has 2 rings (SSSR count). The zero-order valence-corrected chi connectivity index (χ0v) is 15.1. The molecule has 0 amide bonds. The highest BCUT2D eigenvalue weighted by Crippen LogP contribution is 2.33. The Balaban J connectivity index is 2.37. The smallest absolute Gasteiger partial charge is 0.361 e. The third kappa shape index (κ3) is 5.89. The molecule has 0 N–H and O–H groups in total. The molecule has 9 heteroatoms. The lowest BCUT2D eigenvalue weighted by Crippen LogP contribution is -2.28. The molecule has 0 bridgehead atoms. The molecule has 2 aromatic carbocycles. The SMILES string of the molecule is O=[N+]([O-])c1cc(Br)ccc1N(CCC(F)(F)F)Cc1ccc(Cl)cc1. The lowest BCUT2D eigenvalue weighted by atomic mass is 10.1. The highest BCUT2D eigenvalue weighted by molar-refractivity contribution is 9.10. The first-order valence-corrected chi connectivity index (χ1v) is 8.33. The van der Waals surface area contributed by atoms with Crippen molar-refractivity contribution in [3.63, 3.8) is 0 Å². The first-order valence-electron chi connectivity index (χ1n) is 7.16. The second kappa shape index (κ2) is 8.05. The Kier molecular flexibility index (Phi) is 6.29. The van der Waals surface area contributed by atoms with Gasteiger partial charge in [-0.2, -0.15) is 13.2 Å². The van der Waals surface area contributed by atoms with Gasteiger partial charge in [-0.05, 0) is 29.8 Å². The molecule has 0 radical (unpaired) electrons. The number of anilines is 1. The maximum atomic E-state index is 12.7. The van der Waals surface area contributed by atoms with Crippen LogP contribution in [-0.4, -0.2) is 17.6 Å². The number of nitro benzene ring substituents is 1. The molecule has 0 aliphatic carbocycles. The molecule has 0 aromatic heterocycles. The van der Waals surface area contributed by atoms with Gasteiger partial charge in [0.05, 0.1) is 11.3 Å². The topological polar surface area (TPSA) is 46.4 Å². The highest BCUT2D eigenvalue weighted by Gasteiger charge is 2.29. The quantitative estimate of drug-likeness (QED) is 0.413. The zero-order valence-electron chi connectivity index (χ0n) is 12.8. The van der Waals surface area contributed by atoms with Crippen molar-refractivity contribution >= 4 is 38.9 Å². The Morgan fingerprint density at radius 3 is 2.36 bits per heavy atom. The molecule has 0 saturated carbocycles. The Morgan fingerprint density at radius 1 is 1.16 bits per heavy atom. The van der Waals surface area contributed by atoms with E-state index in [1.165, 1.54) is 17.0 Å². The van der Waals surface area contributed by atoms with Gasteiger partial charge in [-0.3, -0.25) is 10.1 Å². The van der Waals surface area contributed by atoms with Crippen LogP contribution < -0.4 is 4.90 Å². The van der Waals surface area contributed by atoms with Crippen LogP contribution in [0.15, 0.2) is 46.9 Å². The van der Waals surface area contributed by atoms with E-state index in [0.717, 1.165) is 0 Å². The van der Waals surface area contributed by atoms with Gasteiger partial charge in [0.2, 0.25) is 0 Å². The van der Waals surface area contributed by atoms with Crippen molar-refractivity contribution < 1.29 is 18.1 Å². The van der Waals surface area contributed by atoms with Crippen molar-refractivity contribution in [2.24, 2.45) is 0 Å². The van der Waals surface area contributed by atoms with E-state index in [2.05, 4.69) is 15.9 Å². The fourth-order valence-electron chi connectivity index (χ4n) is 2.27. The van der Waals surface area contributed by atoms with Crippen LogP contribution in [0.3, 0.4) is 0 Å². The molecular weight excluding hydrogens is 425 g/mol. The minimum absolute atomic E-state index is 0.0930. The van der Waals surface area contributed by atoms with Crippen LogP contribution in [0.2, 0.25) is 5.02 Å². The van der Waals surface area contributed by atoms with Crippen LogP contribution in [0, 0.1) is 10.1 Å². The molecule has 0 spiro atoms. The summed E-state index contributed by atoms with van der Waals surface area (Å²) in [6.07, 6.45) is -5.43. The van der Waals surface area contributed by atoms with Crippen LogP contribution >= 0.6 is 27.5 Å². The normalized spacial score (nSPS) is 11.4. The van der Waals surface area contributed by atoms with Crippen LogP contribution in [0.5, 0.6) is 0 Å². The molecule has 2 aromatic rings. The first-order chi connectivity index (χ1) is 11.7. The van der Waals surface area contributed by atoms with Gasteiger partial charge in [0.15, 0.2) is 0 Å². The Bertz CT molecular complexity index is 754. The molecule has 0 aliphatic heterocycles. The molecule has 25 heavy (non-hydrogen) atoms. The summed E-state index contributed by atoms with van der Waals surface area (Å²) in [5, 5.41) is 11.8. The van der Waals surface area contributed by atoms with E-state index < -0.39 is 24.1 Å². The standard InChI is InChI=1S/C16H13BrClF3N2O2/c17-12-3-6-14(15(9-12)23(24)25)22(8-7-16(19,20)21)10-11-1-4-13(18)5-2-11/h1-6,9H,7-8,10H2. The van der Waals surface area contributed by atoms with Gasteiger partial charge < -0.3 is 4.90 Å². The molecule has 0 saturated heterocycles. The van der Waals surface area contributed by atoms with Crippen LogP contribution in [-0.2, 0) is 6.54 Å². The van der Waals surface area contributed by atoms with Crippen LogP contribution in [0.25, 0.3) is 0 Å². The van der Waals surface area contributed by atoms with E-state index in [1.54, 1.807) is 30.3 Å². The summed E-state index contributed by atoms with van der Waals surface area (Å²) in [6, 6.07) is 10.9. The molecule has 0 atom stereocenters. The molecule has 0 aliphatic rings. The number of benzene rings is 2. The number of nitrogens with zero attached hydrogens (tertiary/aromatic N) is 2. The van der Waals surface area contributed by atoms with Gasteiger partial charge in [0.1, 0.15) is 5.69 Å². The van der Waals surface area contributed by atoms with Gasteiger partial charge in [-0.25, -0.2) is 0 Å². The maximum Gasteiger partial charge on any atom is 0.390 e. The van der Waals surface area contributed by atoms with Gasteiger partial charge in [0, 0.05) is 28.7 Å². The lowest BCUT2D eigenvalue weighted by molar-refractivity contribution is -0.384. The highest BCUT2D eigenvalue weighted by atomic mass is 79.9. The molecule has 0 heterocycles. The van der Waals surface area contributed by atoms with Gasteiger partial charge in [-0.15, -0.1) is 0 Å². The lowest BCUT2D eigenvalue weighted by Gasteiger charge is -2.25. The molecule has 4 nitrogen and oxygen atoms in total. The Hall–Kier alpha value is -1.80. The van der Waals surface area contributed by atoms with Gasteiger partial charge >= 0.3 is 6.18 Å². The second-order valence-electron chi connectivity index (χ2n) is 5.30. The minimum Gasteiger partial charge on any atom is -0.361 e. The second-order valence-corrected chi connectivity index (χ2v) is 6.66. The molecule has 0 unspecified atom stereocenters. The predicted molar refractivity (Wildman–Crippen MR) is 94.0 cm³/mol. The largest absolute Gasteiger partial charge is 0.390 e. The monoisotopic (exact) mass is 436 g/mol. The average Bonchev–Trinajstić information content (AvgIpc) is 2.52. The molecule has 134 valence electrons. The van der Waals surface area contributed by atoms with Crippen molar-refractivity contribution in [1.82, 2.24) is 0 Å². The number of nitro groups is 1. The van der Waals surface area contributed by atoms with Crippen molar-refractivity contribution in [3.8, 4) is 0 Å². The third-order valence-electron chi connectivity index (χ3n) is 3.43. The summed E-state index contributed by atoms with van der Waals surface area (Å²) < 4.78 is 38.5. The minimum atomic E-state index is -4.36. The summed E-state index contributed by atoms with van der Waals surface area (Å²) in [4.78, 5) is 12.0. The van der Waals surface area contributed by atoms with Crippen LogP contribution in [0.1, 0.15) is 12.0 Å². The predicted octanol–water partition coefficient (Wildman–Crippen LogP) is 5.97. The summed E-state index contributed by atoms with van der Waals surface area (Å²) in [5.41, 5.74) is 0.571. The van der Waals surface area contributed by atoms with Crippen molar-refractivity contribution in [2.45, 2.75) is 19.1 Å². The number of halogens is 5. The fraction of sp³-hybridized carbons (Fsp3) is 0.250. The van der Waals surface area contributed by atoms with Crippen molar-refractivity contribution in [1.29, 1.82) is 0 Å². The van der Waals surface area contributed by atoms with Gasteiger partial charge in [0.25, 0.3) is 5.69 Å². The zero-order chi connectivity index (χ0) is 18.6. The van der Waals surface area contributed by atoms with E-state index in [9.17, 15) is 23.3 Å². The third-order valence-corrected chi connectivity index (χ3v) is 4.17. The van der Waals surface area contributed by atoms with E-state index in [0.29, 0.717) is 15.1 Å². The summed E-state index contributed by atoms with van der Waals surface area (Å²) in [6.45, 7) is -0.301. The Labute approximate surface area is 155 Å². The summed E-state index contributed by atoms with van der Waals surface area (Å²) in [7, 11) is 0. The van der Waals surface area contributed by atoms with E-state index in [1.807, 2.05) is 0 Å². The number of hydrogen-bond donors (Lipinski definition) is 0. The van der Waals surface area contributed by atoms with Crippen LogP contribution in [0.4, 0.5) is 24.5 Å². The number of hydrogen-bond acceptors (Lipinski definition) is 3. The Morgan fingerprint density at radius 2 is 1.80 bits per heavy atom. The maximum absolute atomic E-state index is 12.7. The fourth-order valence-corrected chi connectivity index (χ4v) is 2.74. The van der Waals surface area contributed by atoms with E-state index in [4.69, 9.17) is 11.6 Å². The number of alkyl halides is 3. The molecule has 0 fully saturated rings. The average molecular weight is 438 g/mol. The summed E-state index contributed by atoms with van der Waals surface area (Å²) >= 11 is 8.96. The molecular formula is C16H13BrClF3N2O2. The van der Waals surface area contributed by atoms with Gasteiger partial charge in [-0.1, -0.05) is 39.7 Å². The van der Waals surface area contributed by atoms with Crippen molar-refractivity contribution in [2.75, 3.05) is 11.4 Å². The van der Waals surface area contributed by atoms with E-state index >= 15 is 0 Å². The number of rotatable bonds is 6. The first kappa shape index (κ1) is 19.5. The van der Waals surface area contributed by atoms with Crippen molar-refractivity contribution in [3.05, 3.63) is 67.6 Å². The van der Waals surface area contributed by atoms with E-state index in [-0.39, 0.29) is 17.9 Å². The summed E-state index contributed by atoms with van der Waals surface area (Å²) in [5.74, 6) is 0.